The molecule has 0 spiro atoms. The van der Waals surface area contributed by atoms with E-state index in [0.29, 0.717) is 24.5 Å². The van der Waals surface area contributed by atoms with Gasteiger partial charge in [0, 0.05) is 18.5 Å². The van der Waals surface area contributed by atoms with Crippen molar-refractivity contribution in [1.82, 2.24) is 4.31 Å². The number of nitrogens with zero attached hydrogens (tertiary/aromatic N) is 1. The van der Waals surface area contributed by atoms with Crippen LogP contribution in [0.2, 0.25) is 0 Å². The molecule has 1 N–H and O–H groups in total. The van der Waals surface area contributed by atoms with E-state index < -0.39 is 21.7 Å². The molecule has 1 aromatic rings. The third kappa shape index (κ3) is 5.09. The molecule has 2 rings (SSSR count). The van der Waals surface area contributed by atoms with E-state index in [1.165, 1.54) is 10.6 Å². The second-order valence-corrected chi connectivity index (χ2v) is 9.02. The smallest absolute Gasteiger partial charge is 0.211 e. The van der Waals surface area contributed by atoms with Gasteiger partial charge in [0.2, 0.25) is 10.0 Å². The van der Waals surface area contributed by atoms with E-state index in [0.717, 1.165) is 18.4 Å². The van der Waals surface area contributed by atoms with Crippen molar-refractivity contribution in [2.75, 3.05) is 26.0 Å². The van der Waals surface area contributed by atoms with Crippen LogP contribution >= 0.6 is 0 Å². The first-order chi connectivity index (χ1) is 11.7. The fraction of sp³-hybridized carbons (Fsp3) is 0.667. The van der Waals surface area contributed by atoms with Crippen molar-refractivity contribution >= 4 is 10.0 Å². The minimum Gasteiger partial charge on any atom is -0.494 e. The number of hydrogen-bond donors (Lipinski definition) is 1. The van der Waals surface area contributed by atoms with Crippen LogP contribution in [0.3, 0.4) is 0 Å². The van der Waals surface area contributed by atoms with E-state index >= 15 is 0 Å². The highest BCUT2D eigenvalue weighted by Gasteiger charge is 2.39. The van der Waals surface area contributed by atoms with Crippen molar-refractivity contribution in [3.05, 3.63) is 23.8 Å². The predicted molar refractivity (Wildman–Crippen MR) is 97.5 cm³/mol. The molecule has 1 aliphatic heterocycles. The van der Waals surface area contributed by atoms with Crippen molar-refractivity contribution < 1.29 is 23.0 Å². The lowest BCUT2D eigenvalue weighted by molar-refractivity contribution is 0.0474. The number of fused-ring (bicyclic) bond motifs is 1. The molecule has 0 bridgehead atoms. The van der Waals surface area contributed by atoms with E-state index in [1.54, 1.807) is 0 Å². The van der Waals surface area contributed by atoms with Crippen LogP contribution in [0.5, 0.6) is 11.5 Å². The molecule has 6 nitrogen and oxygen atoms in total. The number of ether oxygens (including phenoxy) is 2. The molecule has 1 heterocycles. The van der Waals surface area contributed by atoms with Gasteiger partial charge in [0.15, 0.2) is 0 Å². The van der Waals surface area contributed by atoms with Crippen molar-refractivity contribution in [3.8, 4) is 11.5 Å². The maximum Gasteiger partial charge on any atom is 0.211 e. The van der Waals surface area contributed by atoms with Gasteiger partial charge in [-0.25, -0.2) is 8.42 Å². The molecule has 1 unspecified atom stereocenters. The highest BCUT2D eigenvalue weighted by molar-refractivity contribution is 7.88. The second kappa shape index (κ2) is 7.93. The zero-order valence-corrected chi connectivity index (χ0v) is 16.3. The summed E-state index contributed by atoms with van der Waals surface area (Å²) in [6.45, 7) is 6.43. The van der Waals surface area contributed by atoms with E-state index in [9.17, 15) is 13.5 Å². The minimum absolute atomic E-state index is 0.0555. The summed E-state index contributed by atoms with van der Waals surface area (Å²) in [5.74, 6) is 1.37. The molecular weight excluding hydrogens is 342 g/mol. The van der Waals surface area contributed by atoms with Gasteiger partial charge in [0.05, 0.1) is 25.5 Å². The van der Waals surface area contributed by atoms with Gasteiger partial charge in [-0.3, -0.25) is 0 Å². The van der Waals surface area contributed by atoms with Gasteiger partial charge >= 0.3 is 0 Å². The van der Waals surface area contributed by atoms with Gasteiger partial charge in [-0.1, -0.05) is 13.3 Å². The van der Waals surface area contributed by atoms with Crippen molar-refractivity contribution in [3.63, 3.8) is 0 Å². The molecule has 0 saturated heterocycles. The molecule has 0 aromatic heterocycles. The zero-order chi connectivity index (χ0) is 18.7. The minimum atomic E-state index is -3.48. The number of sulfonamides is 1. The summed E-state index contributed by atoms with van der Waals surface area (Å²) in [6.07, 6.45) is 3.69. The summed E-state index contributed by atoms with van der Waals surface area (Å²) in [5, 5.41) is 9.34. The monoisotopic (exact) mass is 371 g/mol. The van der Waals surface area contributed by atoms with Crippen LogP contribution in [0, 0.1) is 0 Å². The van der Waals surface area contributed by atoms with Gasteiger partial charge in [-0.05, 0) is 38.5 Å². The fourth-order valence-corrected chi connectivity index (χ4v) is 4.19. The van der Waals surface area contributed by atoms with E-state index in [2.05, 4.69) is 6.92 Å². The lowest BCUT2D eigenvalue weighted by Gasteiger charge is -2.41. The Morgan fingerprint density at radius 3 is 2.72 bits per heavy atom. The highest BCUT2D eigenvalue weighted by Crippen LogP contribution is 2.44. The zero-order valence-electron chi connectivity index (χ0n) is 15.5. The van der Waals surface area contributed by atoms with E-state index in [1.807, 2.05) is 32.0 Å². The summed E-state index contributed by atoms with van der Waals surface area (Å²) in [6, 6.07) is 5.16. The van der Waals surface area contributed by atoms with Gasteiger partial charge < -0.3 is 14.6 Å². The molecule has 25 heavy (non-hydrogen) atoms. The summed E-state index contributed by atoms with van der Waals surface area (Å²) < 4.78 is 37.7. The summed E-state index contributed by atoms with van der Waals surface area (Å²) >= 11 is 0. The topological polar surface area (TPSA) is 76.1 Å². The molecular formula is C18H29NO5S. The summed E-state index contributed by atoms with van der Waals surface area (Å²) in [4.78, 5) is 0. The molecule has 0 fully saturated rings. The number of aliphatic hydroxyl groups is 1. The van der Waals surface area contributed by atoms with Crippen LogP contribution in [0.4, 0.5) is 0 Å². The second-order valence-electron chi connectivity index (χ2n) is 7.08. The van der Waals surface area contributed by atoms with Crippen LogP contribution < -0.4 is 9.47 Å². The number of aliphatic hydroxyl groups excluding tert-OH is 1. The SMILES string of the molecule is CCCCOc1ccc2c(c1)C(N(CCO)S(C)(=O)=O)CC(C)(C)O2. The average molecular weight is 371 g/mol. The van der Waals surface area contributed by atoms with Gasteiger partial charge in [-0.15, -0.1) is 0 Å². The van der Waals surface area contributed by atoms with Gasteiger partial charge in [0.1, 0.15) is 17.1 Å². The Morgan fingerprint density at radius 1 is 1.40 bits per heavy atom. The molecule has 0 saturated carbocycles. The van der Waals surface area contributed by atoms with Crippen LogP contribution in [-0.2, 0) is 10.0 Å². The van der Waals surface area contributed by atoms with Gasteiger partial charge in [0.25, 0.3) is 0 Å². The molecule has 0 radical (unpaired) electrons. The number of benzene rings is 1. The molecule has 7 heteroatoms. The third-order valence-corrected chi connectivity index (χ3v) is 5.56. The van der Waals surface area contributed by atoms with Crippen molar-refractivity contribution in [2.45, 2.75) is 51.7 Å². The largest absolute Gasteiger partial charge is 0.494 e. The Labute approximate surface area is 150 Å². The lowest BCUT2D eigenvalue weighted by Crippen LogP contribution is -2.44. The molecule has 1 aromatic carbocycles. The Bertz CT molecular complexity index is 687. The Morgan fingerprint density at radius 2 is 2.12 bits per heavy atom. The standard InChI is InChI=1S/C18H29NO5S/c1-5-6-11-23-14-7-8-17-15(12-14)16(13-18(2,3)24-17)19(9-10-20)25(4,21)22/h7-8,12,16,20H,5-6,9-11,13H2,1-4H3. The van der Waals surface area contributed by atoms with Crippen LogP contribution in [0.1, 0.15) is 51.6 Å². The van der Waals surface area contributed by atoms with E-state index in [4.69, 9.17) is 9.47 Å². The quantitative estimate of drug-likeness (QED) is 0.711. The van der Waals surface area contributed by atoms with Crippen molar-refractivity contribution in [2.24, 2.45) is 0 Å². The van der Waals surface area contributed by atoms with Gasteiger partial charge in [-0.2, -0.15) is 4.31 Å². The Hall–Kier alpha value is -1.31. The maximum atomic E-state index is 12.3. The maximum absolute atomic E-state index is 12.3. The number of hydrogen-bond acceptors (Lipinski definition) is 5. The Kier molecular flexibility index (Phi) is 6.35. The predicted octanol–water partition coefficient (Wildman–Crippen LogP) is 2.72. The summed E-state index contributed by atoms with van der Waals surface area (Å²) in [5.41, 5.74) is 0.285. The van der Waals surface area contributed by atoms with Crippen LogP contribution in [-0.4, -0.2) is 49.4 Å². The normalized spacial score (nSPS) is 19.4. The highest BCUT2D eigenvalue weighted by atomic mass is 32.2. The average Bonchev–Trinajstić information content (AvgIpc) is 2.50. The summed E-state index contributed by atoms with van der Waals surface area (Å²) in [7, 11) is -3.48. The molecule has 142 valence electrons. The first-order valence-corrected chi connectivity index (χ1v) is 10.6. The fourth-order valence-electron chi connectivity index (χ4n) is 3.13. The third-order valence-electron chi connectivity index (χ3n) is 4.27. The van der Waals surface area contributed by atoms with E-state index in [-0.39, 0.29) is 13.2 Å². The first kappa shape index (κ1) is 20.0. The Balaban J connectivity index is 2.41. The van der Waals surface area contributed by atoms with Crippen molar-refractivity contribution in [1.29, 1.82) is 0 Å². The molecule has 1 aliphatic rings. The number of rotatable bonds is 8. The molecule has 0 amide bonds. The first-order valence-electron chi connectivity index (χ1n) is 8.71. The molecule has 1 atom stereocenters. The lowest BCUT2D eigenvalue weighted by atomic mass is 9.89. The molecule has 0 aliphatic carbocycles. The number of unbranched alkanes of at least 4 members (excludes halogenated alkanes) is 1. The van der Waals surface area contributed by atoms with Crippen LogP contribution in [0.15, 0.2) is 18.2 Å². The van der Waals surface area contributed by atoms with Crippen LogP contribution in [0.25, 0.3) is 0 Å².